The number of hydrogen-bond acceptors (Lipinski definition) is 4. The van der Waals surface area contributed by atoms with Gasteiger partial charge in [0.1, 0.15) is 28.6 Å². The third-order valence-electron chi connectivity index (χ3n) is 2.60. The van der Waals surface area contributed by atoms with E-state index in [1.54, 1.807) is 6.07 Å². The Bertz CT molecular complexity index is 669. The van der Waals surface area contributed by atoms with Crippen LogP contribution in [0.25, 0.3) is 6.08 Å². The summed E-state index contributed by atoms with van der Waals surface area (Å²) in [6, 6.07) is 7.50. The molecule has 0 unspecified atom stereocenters. The summed E-state index contributed by atoms with van der Waals surface area (Å²) >= 11 is 0. The summed E-state index contributed by atoms with van der Waals surface area (Å²) in [5, 5.41) is 28.2. The van der Waals surface area contributed by atoms with Gasteiger partial charge in [-0.05, 0) is 23.8 Å². The van der Waals surface area contributed by atoms with Crippen LogP contribution in [0.5, 0.6) is 17.2 Å². The Labute approximate surface area is 114 Å². The van der Waals surface area contributed by atoms with Crippen LogP contribution in [0.4, 0.5) is 4.39 Å². The van der Waals surface area contributed by atoms with Crippen molar-refractivity contribution >= 4 is 11.9 Å². The van der Waals surface area contributed by atoms with E-state index in [-0.39, 0.29) is 11.3 Å². The van der Waals surface area contributed by atoms with Crippen LogP contribution >= 0.6 is 0 Å². The molecule has 0 aliphatic rings. The first-order valence-electron chi connectivity index (χ1n) is 5.70. The summed E-state index contributed by atoms with van der Waals surface area (Å²) < 4.78 is 13.0. The number of allylic oxidation sites excluding steroid dienone is 1. The van der Waals surface area contributed by atoms with Crippen LogP contribution in [0.2, 0.25) is 0 Å². The fraction of sp³-hybridized carbons (Fsp3) is 0. The number of carbonyl (C=O) groups excluding carboxylic acids is 1. The molecule has 0 heterocycles. The van der Waals surface area contributed by atoms with E-state index in [2.05, 4.69) is 0 Å². The molecule has 3 N–H and O–H groups in total. The van der Waals surface area contributed by atoms with Crippen LogP contribution in [0.15, 0.2) is 42.5 Å². The highest BCUT2D eigenvalue weighted by atomic mass is 19.1. The second-order valence-electron chi connectivity index (χ2n) is 4.11. The molecule has 0 fully saturated rings. The van der Waals surface area contributed by atoms with Crippen LogP contribution in [-0.4, -0.2) is 21.1 Å². The lowest BCUT2D eigenvalue weighted by molar-refractivity contribution is 0.104. The lowest BCUT2D eigenvalue weighted by Crippen LogP contribution is -1.95. The van der Waals surface area contributed by atoms with Gasteiger partial charge in [-0.2, -0.15) is 0 Å². The zero-order valence-electron chi connectivity index (χ0n) is 10.2. The predicted octanol–water partition coefficient (Wildman–Crippen LogP) is 2.84. The second kappa shape index (κ2) is 5.44. The number of aromatic hydroxyl groups is 3. The Morgan fingerprint density at radius 1 is 1.05 bits per heavy atom. The molecule has 2 aromatic carbocycles. The summed E-state index contributed by atoms with van der Waals surface area (Å²) in [5.41, 5.74) is 0.145. The highest BCUT2D eigenvalue weighted by Crippen LogP contribution is 2.32. The molecule has 0 saturated heterocycles. The van der Waals surface area contributed by atoms with Crippen molar-refractivity contribution in [3.63, 3.8) is 0 Å². The maximum Gasteiger partial charge on any atom is 0.193 e. The van der Waals surface area contributed by atoms with Crippen molar-refractivity contribution in [2.75, 3.05) is 0 Å². The predicted molar refractivity (Wildman–Crippen MR) is 71.2 cm³/mol. The van der Waals surface area contributed by atoms with E-state index in [0.717, 1.165) is 18.2 Å². The van der Waals surface area contributed by atoms with Crippen LogP contribution in [0, 0.1) is 5.82 Å². The minimum atomic E-state index is -0.663. The summed E-state index contributed by atoms with van der Waals surface area (Å²) in [6.45, 7) is 0. The molecule has 2 aromatic rings. The molecule has 20 heavy (non-hydrogen) atoms. The normalized spacial score (nSPS) is 10.8. The monoisotopic (exact) mass is 274 g/mol. The van der Waals surface area contributed by atoms with E-state index in [9.17, 15) is 19.4 Å². The van der Waals surface area contributed by atoms with Gasteiger partial charge in [-0.3, -0.25) is 4.79 Å². The van der Waals surface area contributed by atoms with Crippen molar-refractivity contribution < 1.29 is 24.5 Å². The largest absolute Gasteiger partial charge is 0.508 e. The first-order valence-corrected chi connectivity index (χ1v) is 5.70. The number of benzene rings is 2. The molecule has 0 aromatic heterocycles. The Hall–Kier alpha value is -2.82. The van der Waals surface area contributed by atoms with Gasteiger partial charge in [-0.1, -0.05) is 18.2 Å². The molecule has 2 rings (SSSR count). The maximum absolute atomic E-state index is 13.0. The fourth-order valence-electron chi connectivity index (χ4n) is 1.72. The van der Waals surface area contributed by atoms with Gasteiger partial charge in [0.2, 0.25) is 0 Å². The van der Waals surface area contributed by atoms with Gasteiger partial charge in [0.25, 0.3) is 0 Å². The Balaban J connectivity index is 2.29. The van der Waals surface area contributed by atoms with Crippen LogP contribution in [-0.2, 0) is 0 Å². The Kier molecular flexibility index (Phi) is 3.70. The number of carbonyl (C=O) groups is 1. The molecule has 0 radical (unpaired) electrons. The lowest BCUT2D eigenvalue weighted by Gasteiger charge is -2.04. The fourth-order valence-corrected chi connectivity index (χ4v) is 1.72. The third kappa shape index (κ3) is 2.95. The van der Waals surface area contributed by atoms with E-state index in [4.69, 9.17) is 5.11 Å². The maximum atomic E-state index is 13.0. The number of phenols is 3. The van der Waals surface area contributed by atoms with Gasteiger partial charge in [-0.15, -0.1) is 0 Å². The van der Waals surface area contributed by atoms with Crippen LogP contribution < -0.4 is 0 Å². The van der Waals surface area contributed by atoms with Gasteiger partial charge in [0.15, 0.2) is 5.78 Å². The van der Waals surface area contributed by atoms with Crippen molar-refractivity contribution in [3.8, 4) is 17.2 Å². The van der Waals surface area contributed by atoms with Crippen LogP contribution in [0.3, 0.4) is 0 Å². The number of halogens is 1. The van der Waals surface area contributed by atoms with Crippen LogP contribution in [0.1, 0.15) is 15.9 Å². The topological polar surface area (TPSA) is 77.8 Å². The van der Waals surface area contributed by atoms with Gasteiger partial charge >= 0.3 is 0 Å². The SMILES string of the molecule is O=C(/C=C/c1cccc(F)c1)c1c(O)cc(O)cc1O. The first kappa shape index (κ1) is 13.6. The van der Waals surface area contributed by atoms with Gasteiger partial charge in [0.05, 0.1) is 0 Å². The van der Waals surface area contributed by atoms with Crippen molar-refractivity contribution in [3.05, 3.63) is 59.4 Å². The highest BCUT2D eigenvalue weighted by Gasteiger charge is 2.15. The van der Waals surface area contributed by atoms with E-state index in [1.807, 2.05) is 0 Å². The van der Waals surface area contributed by atoms with Crippen molar-refractivity contribution in [2.45, 2.75) is 0 Å². The van der Waals surface area contributed by atoms with E-state index < -0.39 is 23.1 Å². The van der Waals surface area contributed by atoms with Gasteiger partial charge in [0, 0.05) is 12.1 Å². The van der Waals surface area contributed by atoms with Crippen molar-refractivity contribution in [1.82, 2.24) is 0 Å². The quantitative estimate of drug-likeness (QED) is 0.594. The third-order valence-corrected chi connectivity index (χ3v) is 2.60. The average molecular weight is 274 g/mol. The number of phenolic OH excluding ortho intramolecular Hbond substituents is 3. The lowest BCUT2D eigenvalue weighted by atomic mass is 10.1. The smallest absolute Gasteiger partial charge is 0.193 e. The minimum Gasteiger partial charge on any atom is -0.508 e. The summed E-state index contributed by atoms with van der Waals surface area (Å²) in [5.74, 6) is -2.52. The number of rotatable bonds is 3. The van der Waals surface area contributed by atoms with E-state index >= 15 is 0 Å². The van der Waals surface area contributed by atoms with Gasteiger partial charge < -0.3 is 15.3 Å². The average Bonchev–Trinajstić information content (AvgIpc) is 2.35. The molecular weight excluding hydrogens is 263 g/mol. The zero-order chi connectivity index (χ0) is 14.7. The van der Waals surface area contributed by atoms with E-state index in [0.29, 0.717) is 5.56 Å². The molecule has 0 atom stereocenters. The number of ketones is 1. The van der Waals surface area contributed by atoms with Gasteiger partial charge in [-0.25, -0.2) is 4.39 Å². The Morgan fingerprint density at radius 3 is 2.30 bits per heavy atom. The number of hydrogen-bond donors (Lipinski definition) is 3. The molecule has 0 aliphatic carbocycles. The molecule has 5 heteroatoms. The highest BCUT2D eigenvalue weighted by molar-refractivity contribution is 6.10. The van der Waals surface area contributed by atoms with E-state index in [1.165, 1.54) is 24.3 Å². The summed E-state index contributed by atoms with van der Waals surface area (Å²) in [7, 11) is 0. The molecule has 0 aliphatic heterocycles. The minimum absolute atomic E-state index is 0.324. The zero-order valence-corrected chi connectivity index (χ0v) is 10.2. The molecule has 0 spiro atoms. The Morgan fingerprint density at radius 2 is 1.70 bits per heavy atom. The summed E-state index contributed by atoms with van der Waals surface area (Å²) in [6.07, 6.45) is 2.46. The van der Waals surface area contributed by atoms with Crippen molar-refractivity contribution in [1.29, 1.82) is 0 Å². The molecule has 0 amide bonds. The molecule has 102 valence electrons. The molecule has 0 saturated carbocycles. The molecular formula is C15H11FO4. The first-order chi connectivity index (χ1) is 9.47. The standard InChI is InChI=1S/C15H11FO4/c16-10-3-1-2-9(6-10)4-5-12(18)15-13(19)7-11(17)8-14(15)20/h1-8,17,19-20H/b5-4+. The molecule has 4 nitrogen and oxygen atoms in total. The van der Waals surface area contributed by atoms with Crippen molar-refractivity contribution in [2.24, 2.45) is 0 Å². The second-order valence-corrected chi connectivity index (χ2v) is 4.11. The molecule has 0 bridgehead atoms. The summed E-state index contributed by atoms with van der Waals surface area (Å²) in [4.78, 5) is 11.9.